The zero-order valence-electron chi connectivity index (χ0n) is 12.1. The lowest BCUT2D eigenvalue weighted by molar-refractivity contribution is -0.149. The molecule has 2 N–H and O–H groups in total. The molecule has 19 heavy (non-hydrogen) atoms. The summed E-state index contributed by atoms with van der Waals surface area (Å²) in [5.74, 6) is 0. The summed E-state index contributed by atoms with van der Waals surface area (Å²) in [5, 5.41) is 0. The van der Waals surface area contributed by atoms with E-state index in [1.807, 2.05) is 0 Å². The van der Waals surface area contributed by atoms with Gasteiger partial charge in [0.2, 0.25) is 0 Å². The van der Waals surface area contributed by atoms with Crippen LogP contribution in [0.2, 0.25) is 0 Å². The summed E-state index contributed by atoms with van der Waals surface area (Å²) in [7, 11) is 0. The number of nitrogens with zero attached hydrogens (tertiary/aromatic N) is 2. The van der Waals surface area contributed by atoms with Gasteiger partial charge in [0.25, 0.3) is 0 Å². The normalized spacial score (nSPS) is 21.6. The number of alkyl halides is 3. The molecule has 1 unspecified atom stereocenters. The molecule has 1 heterocycles. The molecule has 0 aromatic carbocycles. The van der Waals surface area contributed by atoms with Crippen LogP contribution in [-0.2, 0) is 0 Å². The molecule has 1 aliphatic rings. The van der Waals surface area contributed by atoms with E-state index in [0.29, 0.717) is 26.2 Å². The second-order valence-electron chi connectivity index (χ2n) is 6.49. The highest BCUT2D eigenvalue weighted by molar-refractivity contribution is 4.80. The summed E-state index contributed by atoms with van der Waals surface area (Å²) < 4.78 is 36.8. The molecule has 1 rings (SSSR count). The Morgan fingerprint density at radius 2 is 1.47 bits per heavy atom. The molecule has 114 valence electrons. The van der Waals surface area contributed by atoms with Gasteiger partial charge in [-0.2, -0.15) is 13.2 Å². The maximum atomic E-state index is 12.3. The Morgan fingerprint density at radius 1 is 1.00 bits per heavy atom. The highest BCUT2D eigenvalue weighted by atomic mass is 19.4. The van der Waals surface area contributed by atoms with E-state index in [2.05, 4.69) is 25.7 Å². The molecule has 0 aromatic heterocycles. The zero-order valence-corrected chi connectivity index (χ0v) is 12.1. The number of hydrogen-bond donors (Lipinski definition) is 1. The van der Waals surface area contributed by atoms with Crippen LogP contribution in [0.3, 0.4) is 0 Å². The fourth-order valence-electron chi connectivity index (χ4n) is 2.18. The van der Waals surface area contributed by atoms with Crippen LogP contribution in [0.1, 0.15) is 27.2 Å². The summed E-state index contributed by atoms with van der Waals surface area (Å²) >= 11 is 0. The number of rotatable bonds is 4. The first-order valence-corrected chi connectivity index (χ1v) is 6.85. The lowest BCUT2D eigenvalue weighted by Gasteiger charge is -2.36. The number of halogens is 3. The minimum atomic E-state index is -4.09. The van der Waals surface area contributed by atoms with E-state index in [4.69, 9.17) is 5.73 Å². The van der Waals surface area contributed by atoms with Gasteiger partial charge in [-0.3, -0.25) is 4.90 Å². The van der Waals surface area contributed by atoms with Gasteiger partial charge in [-0.25, -0.2) is 0 Å². The molecule has 0 saturated carbocycles. The number of piperazine rings is 1. The van der Waals surface area contributed by atoms with Gasteiger partial charge in [0, 0.05) is 32.2 Å². The van der Waals surface area contributed by atoms with Crippen LogP contribution in [-0.4, -0.2) is 61.3 Å². The molecule has 1 fully saturated rings. The predicted octanol–water partition coefficient (Wildman–Crippen LogP) is 1.93. The van der Waals surface area contributed by atoms with Crippen LogP contribution in [0.25, 0.3) is 0 Å². The highest BCUT2D eigenvalue weighted by Gasteiger charge is 2.32. The molecule has 1 aliphatic heterocycles. The molecule has 0 amide bonds. The average molecular weight is 281 g/mol. The summed E-state index contributed by atoms with van der Waals surface area (Å²) in [5.41, 5.74) is 6.17. The van der Waals surface area contributed by atoms with Gasteiger partial charge in [-0.1, -0.05) is 20.8 Å². The molecule has 0 bridgehead atoms. The zero-order chi connectivity index (χ0) is 14.7. The Hall–Kier alpha value is -0.330. The highest BCUT2D eigenvalue weighted by Crippen LogP contribution is 2.21. The van der Waals surface area contributed by atoms with Crippen molar-refractivity contribution in [2.24, 2.45) is 11.1 Å². The second kappa shape index (κ2) is 6.41. The Bertz CT molecular complexity index is 265. The van der Waals surface area contributed by atoms with E-state index in [1.54, 1.807) is 0 Å². The Labute approximate surface area is 113 Å². The van der Waals surface area contributed by atoms with E-state index in [9.17, 15) is 13.2 Å². The molecular formula is C13H26F3N3. The Morgan fingerprint density at radius 3 is 1.89 bits per heavy atom. The monoisotopic (exact) mass is 281 g/mol. The fourth-order valence-corrected chi connectivity index (χ4v) is 2.18. The van der Waals surface area contributed by atoms with Crippen molar-refractivity contribution in [3.05, 3.63) is 0 Å². The van der Waals surface area contributed by atoms with E-state index >= 15 is 0 Å². The van der Waals surface area contributed by atoms with Crippen molar-refractivity contribution in [2.75, 3.05) is 39.3 Å². The van der Waals surface area contributed by atoms with E-state index in [0.717, 1.165) is 13.0 Å². The first kappa shape index (κ1) is 16.7. The molecule has 1 saturated heterocycles. The Kier molecular flexibility index (Phi) is 5.65. The van der Waals surface area contributed by atoms with Crippen LogP contribution in [0.15, 0.2) is 0 Å². The van der Waals surface area contributed by atoms with Gasteiger partial charge >= 0.3 is 6.18 Å². The molecule has 1 atom stereocenters. The van der Waals surface area contributed by atoms with Crippen molar-refractivity contribution in [3.8, 4) is 0 Å². The van der Waals surface area contributed by atoms with Crippen molar-refractivity contribution in [1.82, 2.24) is 9.80 Å². The van der Waals surface area contributed by atoms with Crippen LogP contribution in [0.4, 0.5) is 13.2 Å². The maximum absolute atomic E-state index is 12.3. The largest absolute Gasteiger partial charge is 0.401 e. The summed E-state index contributed by atoms with van der Waals surface area (Å²) in [6.45, 7) is 8.80. The van der Waals surface area contributed by atoms with Crippen molar-refractivity contribution in [3.63, 3.8) is 0 Å². The lowest BCUT2D eigenvalue weighted by Crippen LogP contribution is -2.50. The van der Waals surface area contributed by atoms with E-state index in [-0.39, 0.29) is 11.5 Å². The standard InChI is InChI=1S/C13H26F3N3/c1-12(2,3)11(17)4-5-18-6-8-19(9-7-18)10-13(14,15)16/h11H,4-10,17H2,1-3H3. The minimum absolute atomic E-state index is 0.0815. The molecule has 0 radical (unpaired) electrons. The van der Waals surface area contributed by atoms with Crippen LogP contribution < -0.4 is 5.73 Å². The SMILES string of the molecule is CC(C)(C)C(N)CCN1CCN(CC(F)(F)F)CC1. The molecular weight excluding hydrogens is 255 g/mol. The topological polar surface area (TPSA) is 32.5 Å². The molecule has 0 aromatic rings. The van der Waals surface area contributed by atoms with Gasteiger partial charge in [0.15, 0.2) is 0 Å². The van der Waals surface area contributed by atoms with Gasteiger partial charge in [-0.15, -0.1) is 0 Å². The van der Waals surface area contributed by atoms with Crippen molar-refractivity contribution < 1.29 is 13.2 Å². The third-order valence-corrected chi connectivity index (χ3v) is 3.74. The molecule has 0 spiro atoms. The van der Waals surface area contributed by atoms with Crippen LogP contribution in [0.5, 0.6) is 0 Å². The molecule has 6 heteroatoms. The third-order valence-electron chi connectivity index (χ3n) is 3.74. The van der Waals surface area contributed by atoms with E-state index in [1.165, 1.54) is 4.90 Å². The number of hydrogen-bond acceptors (Lipinski definition) is 3. The molecule has 3 nitrogen and oxygen atoms in total. The van der Waals surface area contributed by atoms with Gasteiger partial charge < -0.3 is 10.6 Å². The first-order chi connectivity index (χ1) is 8.58. The summed E-state index contributed by atoms with van der Waals surface area (Å²) in [4.78, 5) is 3.68. The molecule has 0 aliphatic carbocycles. The van der Waals surface area contributed by atoms with Crippen molar-refractivity contribution in [2.45, 2.75) is 39.4 Å². The quantitative estimate of drug-likeness (QED) is 0.854. The third kappa shape index (κ3) is 6.58. The van der Waals surface area contributed by atoms with Gasteiger partial charge in [0.05, 0.1) is 6.54 Å². The lowest BCUT2D eigenvalue weighted by atomic mass is 9.85. The van der Waals surface area contributed by atoms with E-state index < -0.39 is 12.7 Å². The first-order valence-electron chi connectivity index (χ1n) is 6.85. The maximum Gasteiger partial charge on any atom is 0.401 e. The van der Waals surface area contributed by atoms with Crippen molar-refractivity contribution in [1.29, 1.82) is 0 Å². The van der Waals surface area contributed by atoms with Crippen molar-refractivity contribution >= 4 is 0 Å². The van der Waals surface area contributed by atoms with Crippen LogP contribution in [0, 0.1) is 5.41 Å². The van der Waals surface area contributed by atoms with Gasteiger partial charge in [-0.05, 0) is 18.4 Å². The Balaban J connectivity index is 2.24. The second-order valence-corrected chi connectivity index (χ2v) is 6.49. The van der Waals surface area contributed by atoms with Crippen LogP contribution >= 0.6 is 0 Å². The summed E-state index contributed by atoms with van der Waals surface area (Å²) in [6.07, 6.45) is -3.19. The summed E-state index contributed by atoms with van der Waals surface area (Å²) in [6, 6.07) is 0.126. The minimum Gasteiger partial charge on any atom is -0.327 e. The van der Waals surface area contributed by atoms with Gasteiger partial charge in [0.1, 0.15) is 0 Å². The smallest absolute Gasteiger partial charge is 0.327 e. The fraction of sp³-hybridized carbons (Fsp3) is 1.00. The number of nitrogens with two attached hydrogens (primary N) is 1. The average Bonchev–Trinajstić information content (AvgIpc) is 2.24. The predicted molar refractivity (Wildman–Crippen MR) is 71.0 cm³/mol.